The number of nitrogens with one attached hydrogen (secondary N) is 1. The van der Waals surface area contributed by atoms with Gasteiger partial charge in [0.15, 0.2) is 5.11 Å². The fraction of sp³-hybridized carbons (Fsp3) is 0.261. The average Bonchev–Trinajstić information content (AvgIpc) is 2.99. The Morgan fingerprint density at radius 1 is 1.28 bits per heavy atom. The minimum Gasteiger partial charge on any atom is -0.495 e. The molecule has 2 aromatic carbocycles. The number of anilines is 2. The van der Waals surface area contributed by atoms with Crippen molar-refractivity contribution >= 4 is 52.1 Å². The van der Waals surface area contributed by atoms with E-state index >= 15 is 0 Å². The Balaban J connectivity index is 1.77. The lowest BCUT2D eigenvalue weighted by atomic mass is 10.1. The molecule has 0 unspecified atom stereocenters. The number of hydrogen-bond acceptors (Lipinski definition) is 5. The number of carbonyl (C=O) groups is 2. The number of benzene rings is 2. The standard InChI is InChI=1S/C23H24ClN3O4S/c1-4-12-26-19(14-21(28)25-15-6-9-17(10-7-15)31-5-2)22(29)27(23(26)32)16-8-11-20(30-3)18(24)13-16/h4,6-11,13,19H,1,5,12,14H2,2-3H3,(H,25,28)/t19-/m0/s1. The summed E-state index contributed by atoms with van der Waals surface area (Å²) >= 11 is 11.8. The van der Waals surface area contributed by atoms with E-state index in [1.54, 1.807) is 53.4 Å². The lowest BCUT2D eigenvalue weighted by molar-refractivity contribution is -0.124. The molecule has 1 aliphatic rings. The highest BCUT2D eigenvalue weighted by Gasteiger charge is 2.43. The molecule has 1 fully saturated rings. The van der Waals surface area contributed by atoms with E-state index in [0.29, 0.717) is 41.0 Å². The van der Waals surface area contributed by atoms with Gasteiger partial charge in [-0.25, -0.2) is 0 Å². The van der Waals surface area contributed by atoms with Gasteiger partial charge >= 0.3 is 0 Å². The van der Waals surface area contributed by atoms with Crippen LogP contribution in [-0.2, 0) is 9.59 Å². The first-order chi connectivity index (χ1) is 15.4. The smallest absolute Gasteiger partial charge is 0.256 e. The number of hydrogen-bond donors (Lipinski definition) is 1. The first kappa shape index (κ1) is 23.6. The molecule has 0 spiro atoms. The van der Waals surface area contributed by atoms with Gasteiger partial charge in [0.1, 0.15) is 17.5 Å². The highest BCUT2D eigenvalue weighted by molar-refractivity contribution is 7.80. The van der Waals surface area contributed by atoms with Crippen LogP contribution in [-0.4, -0.2) is 48.1 Å². The zero-order valence-electron chi connectivity index (χ0n) is 17.8. The number of nitrogens with zero attached hydrogens (tertiary/aromatic N) is 2. The molecule has 2 aromatic rings. The Bertz CT molecular complexity index is 1030. The van der Waals surface area contributed by atoms with Gasteiger partial charge in [-0.15, -0.1) is 6.58 Å². The molecule has 3 rings (SSSR count). The molecule has 1 aliphatic heterocycles. The minimum atomic E-state index is -0.760. The van der Waals surface area contributed by atoms with Crippen molar-refractivity contribution in [2.75, 3.05) is 30.5 Å². The maximum atomic E-state index is 13.3. The van der Waals surface area contributed by atoms with Crippen LogP contribution in [0.25, 0.3) is 0 Å². The summed E-state index contributed by atoms with van der Waals surface area (Å²) in [7, 11) is 1.51. The van der Waals surface area contributed by atoms with Gasteiger partial charge in [-0.2, -0.15) is 0 Å². The summed E-state index contributed by atoms with van der Waals surface area (Å²) in [6, 6.07) is 11.3. The summed E-state index contributed by atoms with van der Waals surface area (Å²) in [5.74, 6) is 0.592. The van der Waals surface area contributed by atoms with Gasteiger partial charge in [0.25, 0.3) is 5.91 Å². The predicted molar refractivity (Wildman–Crippen MR) is 130 cm³/mol. The highest BCUT2D eigenvalue weighted by atomic mass is 35.5. The maximum Gasteiger partial charge on any atom is 0.256 e. The number of methoxy groups -OCH3 is 1. The van der Waals surface area contributed by atoms with Gasteiger partial charge in [0.2, 0.25) is 5.91 Å². The average molecular weight is 474 g/mol. The van der Waals surface area contributed by atoms with E-state index in [2.05, 4.69) is 11.9 Å². The molecule has 0 radical (unpaired) electrons. The van der Waals surface area contributed by atoms with E-state index < -0.39 is 6.04 Å². The summed E-state index contributed by atoms with van der Waals surface area (Å²) in [6.07, 6.45) is 1.57. The Morgan fingerprint density at radius 3 is 2.59 bits per heavy atom. The van der Waals surface area contributed by atoms with Crippen molar-refractivity contribution in [1.82, 2.24) is 4.90 Å². The monoisotopic (exact) mass is 473 g/mol. The van der Waals surface area contributed by atoms with Crippen molar-refractivity contribution in [3.8, 4) is 11.5 Å². The second-order valence-electron chi connectivity index (χ2n) is 6.94. The number of ether oxygens (including phenoxy) is 2. The SMILES string of the molecule is C=CCN1C(=S)N(c2ccc(OC)c(Cl)c2)C(=O)[C@@H]1CC(=O)Nc1ccc(OCC)cc1. The van der Waals surface area contributed by atoms with Crippen molar-refractivity contribution in [3.63, 3.8) is 0 Å². The zero-order valence-corrected chi connectivity index (χ0v) is 19.4. The third-order valence-corrected chi connectivity index (χ3v) is 5.58. The van der Waals surface area contributed by atoms with Gasteiger partial charge in [0, 0.05) is 12.2 Å². The van der Waals surface area contributed by atoms with E-state index in [1.807, 2.05) is 6.92 Å². The molecule has 1 atom stereocenters. The fourth-order valence-electron chi connectivity index (χ4n) is 3.40. The molecule has 2 amide bonds. The molecule has 1 N–H and O–H groups in total. The van der Waals surface area contributed by atoms with Crippen LogP contribution >= 0.6 is 23.8 Å². The third kappa shape index (κ3) is 5.03. The van der Waals surface area contributed by atoms with Gasteiger partial charge in [-0.3, -0.25) is 14.5 Å². The largest absolute Gasteiger partial charge is 0.495 e. The molecule has 9 heteroatoms. The van der Waals surface area contributed by atoms with Crippen LogP contribution in [0.2, 0.25) is 5.02 Å². The molecule has 32 heavy (non-hydrogen) atoms. The molecule has 1 heterocycles. The predicted octanol–water partition coefficient (Wildman–Crippen LogP) is 4.26. The van der Waals surface area contributed by atoms with Crippen LogP contribution in [0.3, 0.4) is 0 Å². The first-order valence-electron chi connectivity index (χ1n) is 10.0. The van der Waals surface area contributed by atoms with E-state index in [1.165, 1.54) is 12.0 Å². The Labute approximate surface area is 197 Å². The quantitative estimate of drug-likeness (QED) is 0.433. The van der Waals surface area contributed by atoms with Crippen LogP contribution in [0.5, 0.6) is 11.5 Å². The van der Waals surface area contributed by atoms with E-state index in [4.69, 9.17) is 33.3 Å². The minimum absolute atomic E-state index is 0.0690. The topological polar surface area (TPSA) is 71.1 Å². The molecule has 0 saturated carbocycles. The second kappa shape index (κ2) is 10.5. The lowest BCUT2D eigenvalue weighted by Gasteiger charge is -2.22. The van der Waals surface area contributed by atoms with E-state index in [9.17, 15) is 9.59 Å². The molecule has 0 aliphatic carbocycles. The van der Waals surface area contributed by atoms with Gasteiger partial charge in [0.05, 0.1) is 30.8 Å². The number of thiocarbonyl (C=S) groups is 1. The molecule has 0 aromatic heterocycles. The fourth-order valence-corrected chi connectivity index (χ4v) is 4.05. The summed E-state index contributed by atoms with van der Waals surface area (Å²) in [6.45, 7) is 6.53. The molecule has 7 nitrogen and oxygen atoms in total. The summed E-state index contributed by atoms with van der Waals surface area (Å²) in [5.41, 5.74) is 1.12. The lowest BCUT2D eigenvalue weighted by Crippen LogP contribution is -2.37. The van der Waals surface area contributed by atoms with Crippen molar-refractivity contribution in [3.05, 3.63) is 60.1 Å². The summed E-state index contributed by atoms with van der Waals surface area (Å²) in [4.78, 5) is 29.0. The summed E-state index contributed by atoms with van der Waals surface area (Å²) < 4.78 is 10.6. The maximum absolute atomic E-state index is 13.3. The normalized spacial score (nSPS) is 15.7. The van der Waals surface area contributed by atoms with Gasteiger partial charge in [-0.05, 0) is 61.6 Å². The Hall–Kier alpha value is -3.10. The third-order valence-electron chi connectivity index (χ3n) is 4.87. The molecule has 0 bridgehead atoms. The summed E-state index contributed by atoms with van der Waals surface area (Å²) in [5, 5.41) is 3.46. The van der Waals surface area contributed by atoms with Crippen molar-refractivity contribution < 1.29 is 19.1 Å². The van der Waals surface area contributed by atoms with Gasteiger partial charge in [-0.1, -0.05) is 17.7 Å². The Morgan fingerprint density at radius 2 is 2.00 bits per heavy atom. The van der Waals surface area contributed by atoms with Crippen molar-refractivity contribution in [2.45, 2.75) is 19.4 Å². The number of amides is 2. The molecule has 1 saturated heterocycles. The van der Waals surface area contributed by atoms with Crippen LogP contribution < -0.4 is 19.7 Å². The van der Waals surface area contributed by atoms with E-state index in [-0.39, 0.29) is 23.3 Å². The van der Waals surface area contributed by atoms with E-state index in [0.717, 1.165) is 0 Å². The molecule has 168 valence electrons. The number of halogens is 1. The van der Waals surface area contributed by atoms with Gasteiger partial charge < -0.3 is 19.7 Å². The second-order valence-corrected chi connectivity index (χ2v) is 7.71. The Kier molecular flexibility index (Phi) is 7.71. The first-order valence-corrected chi connectivity index (χ1v) is 10.8. The van der Waals surface area contributed by atoms with Crippen LogP contribution in [0.4, 0.5) is 11.4 Å². The van der Waals surface area contributed by atoms with Crippen LogP contribution in [0.15, 0.2) is 55.1 Å². The molecular weight excluding hydrogens is 450 g/mol. The number of carbonyl (C=O) groups excluding carboxylic acids is 2. The van der Waals surface area contributed by atoms with Crippen LogP contribution in [0, 0.1) is 0 Å². The molecular formula is C23H24ClN3O4S. The van der Waals surface area contributed by atoms with Crippen LogP contribution in [0.1, 0.15) is 13.3 Å². The zero-order chi connectivity index (χ0) is 23.3. The highest BCUT2D eigenvalue weighted by Crippen LogP contribution is 2.33. The van der Waals surface area contributed by atoms with Crippen molar-refractivity contribution in [1.29, 1.82) is 0 Å². The number of rotatable bonds is 9. The van der Waals surface area contributed by atoms with Crippen molar-refractivity contribution in [2.24, 2.45) is 0 Å².